The van der Waals surface area contributed by atoms with Crippen LogP contribution in [0.4, 0.5) is 0 Å². The number of rotatable bonds is 10. The molecule has 2 rings (SSSR count). The van der Waals surface area contributed by atoms with Crippen LogP contribution in [0.1, 0.15) is 46.6 Å². The lowest BCUT2D eigenvalue weighted by atomic mass is 9.54. The predicted molar refractivity (Wildman–Crippen MR) is 125 cm³/mol. The molecule has 1 amide bonds. The van der Waals surface area contributed by atoms with Crippen LogP contribution in [0, 0.1) is 5.41 Å². The first-order valence-electron chi connectivity index (χ1n) is 10.3. The predicted octanol–water partition coefficient (Wildman–Crippen LogP) is 3.43. The van der Waals surface area contributed by atoms with Crippen molar-refractivity contribution in [2.45, 2.75) is 65.1 Å². The summed E-state index contributed by atoms with van der Waals surface area (Å²) in [6, 6.07) is 10.7. The molecule has 3 N–H and O–H groups in total. The van der Waals surface area contributed by atoms with Crippen molar-refractivity contribution in [3.8, 4) is 0 Å². The lowest BCUT2D eigenvalue weighted by Gasteiger charge is -2.57. The smallest absolute Gasteiger partial charge is 0.240 e. The first-order valence-corrected chi connectivity index (χ1v) is 10.3. The zero-order valence-electron chi connectivity index (χ0n) is 18.4. The molecular formula is C22H39Cl2N3O2. The van der Waals surface area contributed by atoms with Crippen molar-refractivity contribution in [2.75, 3.05) is 26.2 Å². The minimum atomic E-state index is -0.868. The highest BCUT2D eigenvalue weighted by molar-refractivity contribution is 5.88. The van der Waals surface area contributed by atoms with E-state index in [2.05, 4.69) is 48.3 Å². The van der Waals surface area contributed by atoms with Gasteiger partial charge in [-0.3, -0.25) is 9.69 Å². The fourth-order valence-corrected chi connectivity index (χ4v) is 4.15. The molecule has 5 nitrogen and oxygen atoms in total. The second-order valence-corrected chi connectivity index (χ2v) is 8.12. The zero-order valence-corrected chi connectivity index (χ0v) is 20.1. The van der Waals surface area contributed by atoms with Gasteiger partial charge < -0.3 is 15.8 Å². The molecule has 1 aromatic carbocycles. The van der Waals surface area contributed by atoms with Gasteiger partial charge in [-0.2, -0.15) is 0 Å². The van der Waals surface area contributed by atoms with Gasteiger partial charge in [0.2, 0.25) is 5.91 Å². The van der Waals surface area contributed by atoms with Crippen molar-refractivity contribution in [1.82, 2.24) is 10.2 Å². The molecule has 1 fully saturated rings. The number of likely N-dealkylation sites (N-methyl/N-ethyl adjacent to an activating group) is 1. The maximum Gasteiger partial charge on any atom is 0.240 e. The van der Waals surface area contributed by atoms with Gasteiger partial charge in [0, 0.05) is 31.0 Å². The maximum atomic E-state index is 13.0. The summed E-state index contributed by atoms with van der Waals surface area (Å²) < 4.78 is 5.75. The van der Waals surface area contributed by atoms with E-state index in [-0.39, 0.29) is 48.3 Å². The molecule has 3 atom stereocenters. The second kappa shape index (κ2) is 12.1. The summed E-state index contributed by atoms with van der Waals surface area (Å²) in [5, 5.41) is 3.15. The summed E-state index contributed by atoms with van der Waals surface area (Å²) in [5.74, 6) is -0.0614. The van der Waals surface area contributed by atoms with Crippen molar-refractivity contribution in [3.63, 3.8) is 0 Å². The van der Waals surface area contributed by atoms with E-state index >= 15 is 0 Å². The van der Waals surface area contributed by atoms with Crippen LogP contribution in [0.2, 0.25) is 0 Å². The number of hydrogen-bond donors (Lipinski definition) is 2. The van der Waals surface area contributed by atoms with Gasteiger partial charge in [0.15, 0.2) is 0 Å². The molecule has 3 unspecified atom stereocenters. The highest BCUT2D eigenvalue weighted by Gasteiger charge is 2.62. The summed E-state index contributed by atoms with van der Waals surface area (Å²) >= 11 is 0. The maximum absolute atomic E-state index is 13.0. The molecule has 1 aliphatic rings. The largest absolute Gasteiger partial charge is 0.378 e. The number of nitrogens with one attached hydrogen (secondary N) is 1. The average molecular weight is 448 g/mol. The molecule has 0 bridgehead atoms. The van der Waals surface area contributed by atoms with Crippen molar-refractivity contribution < 1.29 is 9.53 Å². The molecule has 29 heavy (non-hydrogen) atoms. The van der Waals surface area contributed by atoms with E-state index < -0.39 is 5.54 Å². The number of benzene rings is 1. The Labute approximate surface area is 188 Å². The quantitative estimate of drug-likeness (QED) is 0.576. The molecule has 1 saturated carbocycles. The third-order valence-corrected chi connectivity index (χ3v) is 6.38. The molecule has 168 valence electrons. The number of halogens is 2. The van der Waals surface area contributed by atoms with Crippen LogP contribution in [0.5, 0.6) is 0 Å². The van der Waals surface area contributed by atoms with Crippen LogP contribution in [0.15, 0.2) is 30.3 Å². The minimum absolute atomic E-state index is 0. The average Bonchev–Trinajstić information content (AvgIpc) is 2.67. The molecule has 0 saturated heterocycles. The second-order valence-electron chi connectivity index (χ2n) is 8.12. The van der Waals surface area contributed by atoms with E-state index in [1.165, 1.54) is 5.56 Å². The lowest BCUT2D eigenvalue weighted by Crippen LogP contribution is -2.76. The number of ether oxygens (including phenoxy) is 1. The first-order chi connectivity index (χ1) is 12.8. The van der Waals surface area contributed by atoms with Gasteiger partial charge in [-0.05, 0) is 32.0 Å². The Morgan fingerprint density at radius 2 is 1.79 bits per heavy atom. The fourth-order valence-electron chi connectivity index (χ4n) is 4.15. The third-order valence-electron chi connectivity index (χ3n) is 6.38. The summed E-state index contributed by atoms with van der Waals surface area (Å²) in [7, 11) is 0. The zero-order chi connectivity index (χ0) is 20.1. The van der Waals surface area contributed by atoms with Crippen molar-refractivity contribution in [2.24, 2.45) is 11.1 Å². The van der Waals surface area contributed by atoms with Crippen molar-refractivity contribution in [1.29, 1.82) is 0 Å². The van der Waals surface area contributed by atoms with Gasteiger partial charge in [0.1, 0.15) is 5.54 Å². The van der Waals surface area contributed by atoms with Crippen LogP contribution in [-0.4, -0.2) is 54.7 Å². The van der Waals surface area contributed by atoms with E-state index in [0.717, 1.165) is 19.5 Å². The number of nitrogens with zero attached hydrogens (tertiary/aromatic N) is 1. The molecular weight excluding hydrogens is 409 g/mol. The monoisotopic (exact) mass is 447 g/mol. The van der Waals surface area contributed by atoms with E-state index in [1.54, 1.807) is 0 Å². The van der Waals surface area contributed by atoms with Crippen LogP contribution in [0.3, 0.4) is 0 Å². The molecule has 0 aliphatic heterocycles. The molecule has 0 heterocycles. The van der Waals surface area contributed by atoms with Crippen LogP contribution in [0.25, 0.3) is 0 Å². The molecule has 0 radical (unpaired) electrons. The Kier molecular flexibility index (Phi) is 11.8. The Balaban J connectivity index is 0.00000392. The minimum Gasteiger partial charge on any atom is -0.378 e. The topological polar surface area (TPSA) is 67.6 Å². The summed E-state index contributed by atoms with van der Waals surface area (Å²) in [4.78, 5) is 15.4. The standard InChI is InChI=1S/C22H37N3O2.2ClH/c1-6-25(7-2)18(14-17-12-10-9-11-13-17)16-24-20(26)22(23)15-19(27-8-3)21(22,4)5;;/h9-13,18-19H,6-8,14-16,23H2,1-5H3,(H,24,26);2*1H. The van der Waals surface area contributed by atoms with Crippen LogP contribution >= 0.6 is 24.8 Å². The van der Waals surface area contributed by atoms with Crippen LogP contribution in [-0.2, 0) is 16.0 Å². The Morgan fingerprint density at radius 1 is 1.21 bits per heavy atom. The summed E-state index contributed by atoms with van der Waals surface area (Å²) in [5.41, 5.74) is 6.57. The fraction of sp³-hybridized carbons (Fsp3) is 0.682. The highest BCUT2D eigenvalue weighted by Crippen LogP contribution is 2.49. The number of hydrogen-bond acceptors (Lipinski definition) is 4. The van der Waals surface area contributed by atoms with Crippen molar-refractivity contribution >= 4 is 30.7 Å². The number of carbonyl (C=O) groups is 1. The van der Waals surface area contributed by atoms with E-state index in [1.807, 2.05) is 26.8 Å². The molecule has 0 spiro atoms. The molecule has 1 aromatic rings. The van der Waals surface area contributed by atoms with E-state index in [4.69, 9.17) is 10.5 Å². The SMILES string of the molecule is CCOC1CC(N)(C(=O)NCC(Cc2ccccc2)N(CC)CC)C1(C)C.Cl.Cl. The first kappa shape index (κ1) is 28.1. The summed E-state index contributed by atoms with van der Waals surface area (Å²) in [6.45, 7) is 13.5. The van der Waals surface area contributed by atoms with Gasteiger partial charge in [-0.15, -0.1) is 24.8 Å². The Bertz CT molecular complexity index is 611. The Hall–Kier alpha value is -0.850. The van der Waals surface area contributed by atoms with Gasteiger partial charge in [-0.25, -0.2) is 0 Å². The summed E-state index contributed by atoms with van der Waals surface area (Å²) in [6.07, 6.45) is 1.53. The number of nitrogens with two attached hydrogens (primary N) is 1. The van der Waals surface area contributed by atoms with Gasteiger partial charge in [0.25, 0.3) is 0 Å². The molecule has 0 aromatic heterocycles. The highest BCUT2D eigenvalue weighted by atomic mass is 35.5. The number of amides is 1. The number of carbonyl (C=O) groups excluding carboxylic acids is 1. The van der Waals surface area contributed by atoms with Crippen LogP contribution < -0.4 is 11.1 Å². The molecule has 1 aliphatic carbocycles. The Morgan fingerprint density at radius 3 is 2.28 bits per heavy atom. The van der Waals surface area contributed by atoms with Gasteiger partial charge in [-0.1, -0.05) is 58.0 Å². The normalized spacial score (nSPS) is 23.3. The van der Waals surface area contributed by atoms with E-state index in [9.17, 15) is 4.79 Å². The van der Waals surface area contributed by atoms with Gasteiger partial charge in [0.05, 0.1) is 6.10 Å². The lowest BCUT2D eigenvalue weighted by molar-refractivity contribution is -0.170. The van der Waals surface area contributed by atoms with Crippen molar-refractivity contribution in [3.05, 3.63) is 35.9 Å². The molecule has 7 heteroatoms. The van der Waals surface area contributed by atoms with Gasteiger partial charge >= 0.3 is 0 Å². The van der Waals surface area contributed by atoms with E-state index in [0.29, 0.717) is 19.6 Å². The third kappa shape index (κ3) is 6.08.